The molecule has 0 aliphatic heterocycles. The zero-order valence-electron chi connectivity index (χ0n) is 12.5. The Morgan fingerprint density at radius 3 is 2.71 bits per heavy atom. The van der Waals surface area contributed by atoms with Gasteiger partial charge >= 0.3 is 0 Å². The normalized spacial score (nSPS) is 12.2. The van der Waals surface area contributed by atoms with Gasteiger partial charge in [-0.3, -0.25) is 4.98 Å². The summed E-state index contributed by atoms with van der Waals surface area (Å²) in [5.41, 5.74) is 9.02. The Morgan fingerprint density at radius 1 is 1.29 bits per heavy atom. The molecule has 1 unspecified atom stereocenters. The van der Waals surface area contributed by atoms with Gasteiger partial charge in [0, 0.05) is 28.7 Å². The lowest BCUT2D eigenvalue weighted by molar-refractivity contribution is 0.305. The summed E-state index contributed by atoms with van der Waals surface area (Å²) in [6.45, 7) is 4.53. The molecular weight excluding hydrogens is 284 g/mol. The van der Waals surface area contributed by atoms with Gasteiger partial charge in [-0.25, -0.2) is 0 Å². The molecule has 0 saturated heterocycles. The van der Waals surface area contributed by atoms with Crippen molar-refractivity contribution < 1.29 is 4.74 Å². The van der Waals surface area contributed by atoms with Crippen LogP contribution in [0.3, 0.4) is 0 Å². The summed E-state index contributed by atoms with van der Waals surface area (Å²) >= 11 is 6.18. The Morgan fingerprint density at radius 2 is 2.10 bits per heavy atom. The molecule has 112 valence electrons. The average molecular weight is 305 g/mol. The van der Waals surface area contributed by atoms with E-state index in [9.17, 15) is 0 Å². The first kappa shape index (κ1) is 15.8. The van der Waals surface area contributed by atoms with Gasteiger partial charge in [-0.05, 0) is 37.1 Å². The van der Waals surface area contributed by atoms with Crippen LogP contribution in [-0.2, 0) is 13.0 Å². The number of ether oxygens (including phenoxy) is 1. The van der Waals surface area contributed by atoms with E-state index in [0.717, 1.165) is 40.4 Å². The molecule has 0 spiro atoms. The Hall–Kier alpha value is -1.58. The highest BCUT2D eigenvalue weighted by Crippen LogP contribution is 2.20. The van der Waals surface area contributed by atoms with E-state index in [1.54, 1.807) is 6.20 Å². The van der Waals surface area contributed by atoms with E-state index in [1.165, 1.54) is 0 Å². The number of pyridine rings is 1. The first-order valence-corrected chi connectivity index (χ1v) is 7.54. The molecule has 0 bridgehead atoms. The van der Waals surface area contributed by atoms with Crippen molar-refractivity contribution in [3.8, 4) is 5.75 Å². The number of aryl methyl sites for hydroxylation is 1. The molecular formula is C17H21ClN2O. The zero-order chi connectivity index (χ0) is 15.2. The predicted molar refractivity (Wildman–Crippen MR) is 86.7 cm³/mol. The number of nitrogens with zero attached hydrogens (tertiary/aromatic N) is 1. The number of nitrogens with two attached hydrogens (primary N) is 1. The lowest BCUT2D eigenvalue weighted by Gasteiger charge is -2.10. The number of rotatable bonds is 6. The SMILES string of the molecule is CCC(N)Cc1ccc(OCc2ccc(C)cc2Cl)cn1. The Labute approximate surface area is 131 Å². The minimum Gasteiger partial charge on any atom is -0.487 e. The molecule has 1 aromatic heterocycles. The van der Waals surface area contributed by atoms with E-state index < -0.39 is 0 Å². The Balaban J connectivity index is 1.94. The number of aromatic nitrogens is 1. The second-order valence-corrected chi connectivity index (χ2v) is 5.65. The quantitative estimate of drug-likeness (QED) is 0.880. The van der Waals surface area contributed by atoms with Crippen molar-refractivity contribution in [2.45, 2.75) is 39.3 Å². The van der Waals surface area contributed by atoms with Crippen LogP contribution in [0.25, 0.3) is 0 Å². The molecule has 0 aliphatic rings. The standard InChI is InChI=1S/C17H21ClN2O/c1-3-14(19)9-15-6-7-16(10-20-15)21-11-13-5-4-12(2)8-17(13)18/h4-8,10,14H,3,9,11,19H2,1-2H3. The summed E-state index contributed by atoms with van der Waals surface area (Å²) in [4.78, 5) is 4.38. The molecule has 21 heavy (non-hydrogen) atoms. The smallest absolute Gasteiger partial charge is 0.138 e. The Kier molecular flexibility index (Phi) is 5.59. The maximum Gasteiger partial charge on any atom is 0.138 e. The van der Waals surface area contributed by atoms with Crippen LogP contribution in [-0.4, -0.2) is 11.0 Å². The minimum atomic E-state index is 0.163. The van der Waals surface area contributed by atoms with Gasteiger partial charge < -0.3 is 10.5 Å². The molecule has 0 aliphatic carbocycles. The van der Waals surface area contributed by atoms with Gasteiger partial charge in [0.15, 0.2) is 0 Å². The maximum absolute atomic E-state index is 6.18. The van der Waals surface area contributed by atoms with Gasteiger partial charge in [-0.15, -0.1) is 0 Å². The fourth-order valence-corrected chi connectivity index (χ4v) is 2.25. The summed E-state index contributed by atoms with van der Waals surface area (Å²) in [6.07, 6.45) is 3.48. The molecule has 1 heterocycles. The third-order valence-corrected chi connectivity index (χ3v) is 3.75. The molecule has 1 aromatic carbocycles. The van der Waals surface area contributed by atoms with Gasteiger partial charge in [-0.2, -0.15) is 0 Å². The molecule has 3 nitrogen and oxygen atoms in total. The largest absolute Gasteiger partial charge is 0.487 e. The molecule has 0 radical (unpaired) electrons. The van der Waals surface area contributed by atoms with Crippen LogP contribution in [0.4, 0.5) is 0 Å². The zero-order valence-corrected chi connectivity index (χ0v) is 13.2. The fraction of sp³-hybridized carbons (Fsp3) is 0.353. The van der Waals surface area contributed by atoms with Crippen LogP contribution in [0.1, 0.15) is 30.2 Å². The second kappa shape index (κ2) is 7.43. The number of benzene rings is 1. The minimum absolute atomic E-state index is 0.163. The highest BCUT2D eigenvalue weighted by molar-refractivity contribution is 6.31. The fourth-order valence-electron chi connectivity index (χ4n) is 1.96. The summed E-state index contributed by atoms with van der Waals surface area (Å²) in [5, 5.41) is 0.730. The van der Waals surface area contributed by atoms with Crippen LogP contribution < -0.4 is 10.5 Å². The van der Waals surface area contributed by atoms with Crippen molar-refractivity contribution in [3.63, 3.8) is 0 Å². The van der Waals surface area contributed by atoms with E-state index in [2.05, 4.69) is 11.9 Å². The van der Waals surface area contributed by atoms with Crippen molar-refractivity contribution in [3.05, 3.63) is 58.4 Å². The molecule has 0 amide bonds. The van der Waals surface area contributed by atoms with Gasteiger partial charge in [-0.1, -0.05) is 30.7 Å². The first-order valence-electron chi connectivity index (χ1n) is 7.17. The first-order chi connectivity index (χ1) is 10.1. The van der Waals surface area contributed by atoms with E-state index in [-0.39, 0.29) is 6.04 Å². The number of hydrogen-bond donors (Lipinski definition) is 1. The van der Waals surface area contributed by atoms with Crippen LogP contribution in [0.2, 0.25) is 5.02 Å². The maximum atomic E-state index is 6.18. The monoisotopic (exact) mass is 304 g/mol. The molecule has 0 saturated carbocycles. The van der Waals surface area contributed by atoms with Crippen molar-refractivity contribution in [1.29, 1.82) is 0 Å². The highest BCUT2D eigenvalue weighted by atomic mass is 35.5. The molecule has 0 fully saturated rings. The van der Waals surface area contributed by atoms with Gasteiger partial charge in [0.2, 0.25) is 0 Å². The number of halogens is 1. The summed E-state index contributed by atoms with van der Waals surface area (Å²) in [7, 11) is 0. The third kappa shape index (κ3) is 4.73. The molecule has 2 rings (SSSR count). The van der Waals surface area contributed by atoms with Crippen LogP contribution in [0, 0.1) is 6.92 Å². The third-order valence-electron chi connectivity index (χ3n) is 3.40. The molecule has 1 atom stereocenters. The highest BCUT2D eigenvalue weighted by Gasteiger charge is 2.05. The van der Waals surface area contributed by atoms with Crippen molar-refractivity contribution >= 4 is 11.6 Å². The lowest BCUT2D eigenvalue weighted by Crippen LogP contribution is -2.21. The lowest BCUT2D eigenvalue weighted by atomic mass is 10.1. The number of hydrogen-bond acceptors (Lipinski definition) is 3. The van der Waals surface area contributed by atoms with Crippen LogP contribution in [0.5, 0.6) is 5.75 Å². The molecule has 4 heteroatoms. The Bertz CT molecular complexity index is 584. The topological polar surface area (TPSA) is 48.1 Å². The van der Waals surface area contributed by atoms with E-state index in [4.69, 9.17) is 22.1 Å². The van der Waals surface area contributed by atoms with E-state index >= 15 is 0 Å². The molecule has 2 N–H and O–H groups in total. The van der Waals surface area contributed by atoms with Crippen molar-refractivity contribution in [1.82, 2.24) is 4.98 Å². The van der Waals surface area contributed by atoms with Crippen LogP contribution >= 0.6 is 11.6 Å². The predicted octanol–water partition coefficient (Wildman–Crippen LogP) is 3.90. The summed E-state index contributed by atoms with van der Waals surface area (Å²) in [5.74, 6) is 0.737. The van der Waals surface area contributed by atoms with Crippen LogP contribution in [0.15, 0.2) is 36.5 Å². The van der Waals surface area contributed by atoms with Gasteiger partial charge in [0.1, 0.15) is 12.4 Å². The van der Waals surface area contributed by atoms with Gasteiger partial charge in [0.05, 0.1) is 6.20 Å². The second-order valence-electron chi connectivity index (χ2n) is 5.24. The van der Waals surface area contributed by atoms with Crippen molar-refractivity contribution in [2.75, 3.05) is 0 Å². The van der Waals surface area contributed by atoms with Crippen molar-refractivity contribution in [2.24, 2.45) is 5.73 Å². The average Bonchev–Trinajstić information content (AvgIpc) is 2.48. The van der Waals surface area contributed by atoms with E-state index in [0.29, 0.717) is 6.61 Å². The van der Waals surface area contributed by atoms with E-state index in [1.807, 2.05) is 37.3 Å². The summed E-state index contributed by atoms with van der Waals surface area (Å²) in [6, 6.07) is 10.00. The van der Waals surface area contributed by atoms with Gasteiger partial charge in [0.25, 0.3) is 0 Å². The molecule has 2 aromatic rings. The summed E-state index contributed by atoms with van der Waals surface area (Å²) < 4.78 is 5.72.